The molecule has 0 aliphatic carbocycles. The standard InChI is InChI=1S/C13H17N5O.ClH/c1-9(2)18-12(4-6-16-18)17-13(19)10-3-5-15-11(7-10)8-14;/h3-7,9H,8,14H2,1-2H3,(H,17,19);1H. The zero-order valence-electron chi connectivity index (χ0n) is 11.4. The van der Waals surface area contributed by atoms with Crippen molar-refractivity contribution < 1.29 is 4.79 Å². The number of hydrogen-bond acceptors (Lipinski definition) is 4. The number of amides is 1. The molecule has 1 amide bonds. The Labute approximate surface area is 123 Å². The zero-order valence-corrected chi connectivity index (χ0v) is 12.2. The normalized spacial score (nSPS) is 10.2. The van der Waals surface area contributed by atoms with Crippen LogP contribution in [-0.4, -0.2) is 20.7 Å². The number of rotatable bonds is 4. The number of pyridine rings is 1. The van der Waals surface area contributed by atoms with Crippen molar-refractivity contribution in [1.82, 2.24) is 14.8 Å². The van der Waals surface area contributed by atoms with Gasteiger partial charge in [0.2, 0.25) is 0 Å². The summed E-state index contributed by atoms with van der Waals surface area (Å²) in [4.78, 5) is 16.2. The molecule has 0 unspecified atom stereocenters. The highest BCUT2D eigenvalue weighted by atomic mass is 35.5. The minimum absolute atomic E-state index is 0. The van der Waals surface area contributed by atoms with Gasteiger partial charge in [0.1, 0.15) is 5.82 Å². The van der Waals surface area contributed by atoms with Crippen molar-refractivity contribution in [2.75, 3.05) is 5.32 Å². The molecule has 2 rings (SSSR count). The quantitative estimate of drug-likeness (QED) is 0.903. The highest BCUT2D eigenvalue weighted by Crippen LogP contribution is 2.14. The van der Waals surface area contributed by atoms with Crippen LogP contribution < -0.4 is 11.1 Å². The maximum absolute atomic E-state index is 12.1. The summed E-state index contributed by atoms with van der Waals surface area (Å²) >= 11 is 0. The molecule has 0 saturated heterocycles. The Morgan fingerprint density at radius 3 is 2.80 bits per heavy atom. The molecule has 2 heterocycles. The fourth-order valence-corrected chi connectivity index (χ4v) is 1.74. The lowest BCUT2D eigenvalue weighted by molar-refractivity contribution is 0.102. The molecule has 2 aromatic rings. The molecule has 0 radical (unpaired) electrons. The number of carbonyl (C=O) groups excluding carboxylic acids is 1. The van der Waals surface area contributed by atoms with Crippen LogP contribution in [0.25, 0.3) is 0 Å². The van der Waals surface area contributed by atoms with E-state index in [0.717, 1.165) is 0 Å². The van der Waals surface area contributed by atoms with E-state index in [0.29, 0.717) is 23.6 Å². The van der Waals surface area contributed by atoms with Gasteiger partial charge in [-0.15, -0.1) is 12.4 Å². The molecule has 0 aromatic carbocycles. The van der Waals surface area contributed by atoms with Gasteiger partial charge < -0.3 is 11.1 Å². The Kier molecular flexibility index (Phi) is 5.66. The van der Waals surface area contributed by atoms with Gasteiger partial charge in [0.25, 0.3) is 5.91 Å². The van der Waals surface area contributed by atoms with Crippen molar-refractivity contribution in [1.29, 1.82) is 0 Å². The van der Waals surface area contributed by atoms with Crippen molar-refractivity contribution in [3.05, 3.63) is 41.9 Å². The monoisotopic (exact) mass is 295 g/mol. The second-order valence-electron chi connectivity index (χ2n) is 4.45. The van der Waals surface area contributed by atoms with E-state index in [-0.39, 0.29) is 24.4 Å². The third-order valence-electron chi connectivity index (χ3n) is 2.69. The third-order valence-corrected chi connectivity index (χ3v) is 2.69. The number of hydrogen-bond donors (Lipinski definition) is 2. The van der Waals surface area contributed by atoms with Gasteiger partial charge in [0.05, 0.1) is 11.9 Å². The molecule has 0 bridgehead atoms. The summed E-state index contributed by atoms with van der Waals surface area (Å²) in [7, 11) is 0. The summed E-state index contributed by atoms with van der Waals surface area (Å²) in [5.41, 5.74) is 6.73. The van der Waals surface area contributed by atoms with E-state index in [4.69, 9.17) is 5.73 Å². The lowest BCUT2D eigenvalue weighted by atomic mass is 10.2. The van der Waals surface area contributed by atoms with Crippen LogP contribution >= 0.6 is 12.4 Å². The van der Waals surface area contributed by atoms with Crippen LogP contribution in [0.4, 0.5) is 5.82 Å². The fraction of sp³-hybridized carbons (Fsp3) is 0.308. The first-order chi connectivity index (χ1) is 9.11. The molecule has 0 spiro atoms. The molecule has 20 heavy (non-hydrogen) atoms. The van der Waals surface area contributed by atoms with Crippen molar-refractivity contribution in [3.8, 4) is 0 Å². The van der Waals surface area contributed by atoms with Crippen LogP contribution in [0.1, 0.15) is 35.9 Å². The number of carbonyl (C=O) groups is 1. The molecule has 3 N–H and O–H groups in total. The van der Waals surface area contributed by atoms with Crippen molar-refractivity contribution >= 4 is 24.1 Å². The molecule has 0 aliphatic rings. The summed E-state index contributed by atoms with van der Waals surface area (Å²) in [6.07, 6.45) is 3.24. The van der Waals surface area contributed by atoms with Gasteiger partial charge in [-0.2, -0.15) is 5.10 Å². The van der Waals surface area contributed by atoms with Gasteiger partial charge in [-0.1, -0.05) is 0 Å². The second kappa shape index (κ2) is 7.02. The second-order valence-corrected chi connectivity index (χ2v) is 4.45. The van der Waals surface area contributed by atoms with Crippen molar-refractivity contribution in [2.24, 2.45) is 5.73 Å². The summed E-state index contributed by atoms with van der Waals surface area (Å²) < 4.78 is 1.75. The maximum Gasteiger partial charge on any atom is 0.256 e. The van der Waals surface area contributed by atoms with Crippen molar-refractivity contribution in [3.63, 3.8) is 0 Å². The number of halogens is 1. The molecule has 108 valence electrons. The third kappa shape index (κ3) is 3.55. The molecule has 0 atom stereocenters. The summed E-state index contributed by atoms with van der Waals surface area (Å²) in [6.45, 7) is 4.31. The van der Waals surface area contributed by atoms with Gasteiger partial charge in [-0.25, -0.2) is 4.68 Å². The first-order valence-electron chi connectivity index (χ1n) is 6.11. The number of nitrogens with zero attached hydrogens (tertiary/aromatic N) is 3. The number of anilines is 1. The molecule has 0 fully saturated rings. The lowest BCUT2D eigenvalue weighted by Crippen LogP contribution is -2.17. The van der Waals surface area contributed by atoms with Crippen LogP contribution in [0, 0.1) is 0 Å². The van der Waals surface area contributed by atoms with Gasteiger partial charge in [-0.3, -0.25) is 9.78 Å². The first-order valence-corrected chi connectivity index (χ1v) is 6.11. The smallest absolute Gasteiger partial charge is 0.256 e. The molecule has 6 nitrogen and oxygen atoms in total. The predicted octanol–water partition coefficient (Wildman–Crippen LogP) is 1.99. The summed E-state index contributed by atoms with van der Waals surface area (Å²) in [6, 6.07) is 5.29. The Balaban J connectivity index is 0.00000200. The average molecular weight is 296 g/mol. The fourth-order valence-electron chi connectivity index (χ4n) is 1.74. The van der Waals surface area contributed by atoms with E-state index in [9.17, 15) is 4.79 Å². The number of aromatic nitrogens is 3. The predicted molar refractivity (Wildman–Crippen MR) is 79.9 cm³/mol. The summed E-state index contributed by atoms with van der Waals surface area (Å²) in [5, 5.41) is 7.00. The molecule has 0 saturated carbocycles. The highest BCUT2D eigenvalue weighted by molar-refractivity contribution is 6.03. The van der Waals surface area contributed by atoms with Crippen LogP contribution in [-0.2, 0) is 6.54 Å². The number of nitrogens with two attached hydrogens (primary N) is 1. The molecule has 0 aliphatic heterocycles. The van der Waals surface area contributed by atoms with E-state index >= 15 is 0 Å². The summed E-state index contributed by atoms with van der Waals surface area (Å²) in [5.74, 6) is 0.477. The molecule has 7 heteroatoms. The Bertz CT molecular complexity index is 582. The minimum Gasteiger partial charge on any atom is -0.325 e. The minimum atomic E-state index is -0.195. The van der Waals surface area contributed by atoms with Crippen LogP contribution in [0.5, 0.6) is 0 Å². The van der Waals surface area contributed by atoms with Crippen LogP contribution in [0.15, 0.2) is 30.6 Å². The Morgan fingerprint density at radius 1 is 1.40 bits per heavy atom. The van der Waals surface area contributed by atoms with Gasteiger partial charge in [0.15, 0.2) is 0 Å². The Morgan fingerprint density at radius 2 is 2.15 bits per heavy atom. The highest BCUT2D eigenvalue weighted by Gasteiger charge is 2.11. The number of nitrogens with one attached hydrogen (secondary N) is 1. The van der Waals surface area contributed by atoms with E-state index in [1.54, 1.807) is 35.3 Å². The molecular weight excluding hydrogens is 278 g/mol. The molecule has 2 aromatic heterocycles. The van der Waals surface area contributed by atoms with E-state index in [1.807, 2.05) is 13.8 Å². The molecular formula is C13H18ClN5O. The first kappa shape index (κ1) is 16.1. The SMILES string of the molecule is CC(C)n1nccc1NC(=O)c1ccnc(CN)c1.Cl. The van der Waals surface area contributed by atoms with Crippen LogP contribution in [0.3, 0.4) is 0 Å². The topological polar surface area (TPSA) is 85.8 Å². The maximum atomic E-state index is 12.1. The van der Waals surface area contributed by atoms with E-state index < -0.39 is 0 Å². The van der Waals surface area contributed by atoms with Gasteiger partial charge in [0, 0.05) is 30.4 Å². The zero-order chi connectivity index (χ0) is 13.8. The lowest BCUT2D eigenvalue weighted by Gasteiger charge is -2.11. The van der Waals surface area contributed by atoms with E-state index in [1.165, 1.54) is 0 Å². The van der Waals surface area contributed by atoms with Crippen LogP contribution in [0.2, 0.25) is 0 Å². The largest absolute Gasteiger partial charge is 0.325 e. The Hall–Kier alpha value is -1.92. The van der Waals surface area contributed by atoms with Gasteiger partial charge >= 0.3 is 0 Å². The van der Waals surface area contributed by atoms with E-state index in [2.05, 4.69) is 15.4 Å². The van der Waals surface area contributed by atoms with Gasteiger partial charge in [-0.05, 0) is 26.0 Å². The average Bonchev–Trinajstić information content (AvgIpc) is 2.87. The van der Waals surface area contributed by atoms with Crippen molar-refractivity contribution in [2.45, 2.75) is 26.4 Å².